The molecule has 0 bridgehead atoms. The number of carbonyl (C=O) groups is 1. The van der Waals surface area contributed by atoms with Gasteiger partial charge in [0.2, 0.25) is 0 Å². The number of aliphatic hydroxyl groups is 2. The van der Waals surface area contributed by atoms with Crippen LogP contribution in [0.15, 0.2) is 18.2 Å². The van der Waals surface area contributed by atoms with Crippen molar-refractivity contribution in [2.24, 2.45) is 0 Å². The first-order valence-electron chi connectivity index (χ1n) is 4.89. The summed E-state index contributed by atoms with van der Waals surface area (Å²) in [5, 5.41) is 19.0. The Morgan fingerprint density at radius 2 is 1.94 bits per heavy atom. The molecule has 0 aliphatic rings. The van der Waals surface area contributed by atoms with E-state index in [1.54, 1.807) is 0 Å². The highest BCUT2D eigenvalue weighted by Gasteiger charge is 2.34. The Hall–Kier alpha value is -0.920. The Bertz CT molecular complexity index is 434. The minimum atomic E-state index is -4.69. The zero-order valence-corrected chi connectivity index (χ0v) is 10.6. The first kappa shape index (κ1) is 15.1. The van der Waals surface area contributed by atoms with Crippen LogP contribution in [0, 0.1) is 0 Å². The summed E-state index contributed by atoms with van der Waals surface area (Å²) in [6.45, 7) is 0. The maximum Gasteiger partial charge on any atom is 0.417 e. The average molecular weight is 327 g/mol. The zero-order chi connectivity index (χ0) is 13.9. The number of halogens is 4. The lowest BCUT2D eigenvalue weighted by molar-refractivity contribution is -0.138. The van der Waals surface area contributed by atoms with E-state index < -0.39 is 29.5 Å². The van der Waals surface area contributed by atoms with E-state index in [0.717, 1.165) is 6.07 Å². The van der Waals surface area contributed by atoms with Crippen molar-refractivity contribution in [1.29, 1.82) is 0 Å². The summed E-state index contributed by atoms with van der Waals surface area (Å²) < 4.78 is 37.9. The van der Waals surface area contributed by atoms with Crippen molar-refractivity contribution >= 4 is 22.2 Å². The molecular weight excluding hydrogens is 317 g/mol. The smallest absolute Gasteiger partial charge is 0.389 e. The fourth-order valence-corrected chi connectivity index (χ4v) is 1.77. The SMILES string of the molecule is O=Cc1ccc(C(O)C(O)CBr)cc1C(F)(F)F. The minimum absolute atomic E-state index is 0.0188. The molecule has 0 saturated heterocycles. The van der Waals surface area contributed by atoms with Gasteiger partial charge in [-0.15, -0.1) is 0 Å². The first-order valence-corrected chi connectivity index (χ1v) is 6.01. The van der Waals surface area contributed by atoms with Crippen LogP contribution in [-0.4, -0.2) is 27.9 Å². The summed E-state index contributed by atoms with van der Waals surface area (Å²) in [6.07, 6.45) is -7.27. The van der Waals surface area contributed by atoms with Crippen LogP contribution in [0.25, 0.3) is 0 Å². The molecule has 100 valence electrons. The van der Waals surface area contributed by atoms with Gasteiger partial charge in [-0.2, -0.15) is 13.2 Å². The van der Waals surface area contributed by atoms with Crippen molar-refractivity contribution in [1.82, 2.24) is 0 Å². The van der Waals surface area contributed by atoms with Gasteiger partial charge >= 0.3 is 6.18 Å². The summed E-state index contributed by atoms with van der Waals surface area (Å²) in [5.41, 5.74) is -1.73. The Kier molecular flexibility index (Phi) is 4.89. The van der Waals surface area contributed by atoms with Gasteiger partial charge in [0, 0.05) is 10.9 Å². The fraction of sp³-hybridized carbons (Fsp3) is 0.364. The van der Waals surface area contributed by atoms with Gasteiger partial charge in [-0.1, -0.05) is 28.1 Å². The summed E-state index contributed by atoms with van der Waals surface area (Å²) in [6, 6.07) is 2.81. The quantitative estimate of drug-likeness (QED) is 0.659. The van der Waals surface area contributed by atoms with E-state index in [-0.39, 0.29) is 17.2 Å². The highest BCUT2D eigenvalue weighted by atomic mass is 79.9. The summed E-state index contributed by atoms with van der Waals surface area (Å²) >= 11 is 2.91. The maximum absolute atomic E-state index is 12.6. The molecule has 1 rings (SSSR count). The second kappa shape index (κ2) is 5.81. The molecule has 2 unspecified atom stereocenters. The van der Waals surface area contributed by atoms with E-state index in [9.17, 15) is 28.2 Å². The van der Waals surface area contributed by atoms with Crippen molar-refractivity contribution in [3.63, 3.8) is 0 Å². The second-order valence-corrected chi connectivity index (χ2v) is 4.28. The molecule has 2 N–H and O–H groups in total. The molecule has 2 atom stereocenters. The Morgan fingerprint density at radius 3 is 2.39 bits per heavy atom. The van der Waals surface area contributed by atoms with Gasteiger partial charge in [0.1, 0.15) is 6.10 Å². The van der Waals surface area contributed by atoms with Crippen molar-refractivity contribution in [3.8, 4) is 0 Å². The monoisotopic (exact) mass is 326 g/mol. The number of aliphatic hydroxyl groups excluding tert-OH is 2. The molecule has 0 radical (unpaired) electrons. The average Bonchev–Trinajstić information content (AvgIpc) is 2.35. The van der Waals surface area contributed by atoms with Crippen molar-refractivity contribution < 1.29 is 28.2 Å². The molecule has 0 aliphatic carbocycles. The third-order valence-corrected chi connectivity index (χ3v) is 3.04. The topological polar surface area (TPSA) is 57.5 Å². The Balaban J connectivity index is 3.23. The van der Waals surface area contributed by atoms with Gasteiger partial charge in [0.05, 0.1) is 11.7 Å². The number of carbonyl (C=O) groups excluding carboxylic acids is 1. The molecule has 7 heteroatoms. The normalized spacial score (nSPS) is 15.2. The van der Waals surface area contributed by atoms with Crippen LogP contribution >= 0.6 is 15.9 Å². The summed E-state index contributed by atoms with van der Waals surface area (Å²) in [4.78, 5) is 10.5. The van der Waals surface area contributed by atoms with E-state index in [2.05, 4.69) is 15.9 Å². The molecular formula is C11H10BrF3O3. The van der Waals surface area contributed by atoms with Gasteiger partial charge < -0.3 is 10.2 Å². The van der Waals surface area contributed by atoms with Crippen LogP contribution in [0.2, 0.25) is 0 Å². The maximum atomic E-state index is 12.6. The van der Waals surface area contributed by atoms with E-state index in [0.29, 0.717) is 6.07 Å². The second-order valence-electron chi connectivity index (χ2n) is 3.63. The Labute approximate surface area is 109 Å². The molecule has 18 heavy (non-hydrogen) atoms. The number of benzene rings is 1. The molecule has 0 aromatic heterocycles. The highest BCUT2D eigenvalue weighted by Crippen LogP contribution is 2.33. The third-order valence-electron chi connectivity index (χ3n) is 2.37. The summed E-state index contributed by atoms with van der Waals surface area (Å²) in [5.74, 6) is 0. The number of hydrogen-bond acceptors (Lipinski definition) is 3. The molecule has 1 aromatic rings. The molecule has 1 aromatic carbocycles. The lowest BCUT2D eigenvalue weighted by Gasteiger charge is -2.18. The fourth-order valence-electron chi connectivity index (χ4n) is 1.41. The number of alkyl halides is 4. The molecule has 0 aliphatic heterocycles. The third kappa shape index (κ3) is 3.30. The van der Waals surface area contributed by atoms with Crippen LogP contribution in [0.4, 0.5) is 13.2 Å². The largest absolute Gasteiger partial charge is 0.417 e. The lowest BCUT2D eigenvalue weighted by atomic mass is 9.99. The standard InChI is InChI=1S/C11H10BrF3O3/c12-4-9(17)10(18)6-1-2-7(5-16)8(3-6)11(13,14)15/h1-3,5,9-10,17-18H,4H2. The van der Waals surface area contributed by atoms with Crippen LogP contribution in [0.3, 0.4) is 0 Å². The van der Waals surface area contributed by atoms with Gasteiger partial charge in [0.25, 0.3) is 0 Å². The van der Waals surface area contributed by atoms with Crippen LogP contribution < -0.4 is 0 Å². The van der Waals surface area contributed by atoms with Crippen LogP contribution in [0.1, 0.15) is 27.6 Å². The van der Waals surface area contributed by atoms with Gasteiger partial charge in [-0.25, -0.2) is 0 Å². The van der Waals surface area contributed by atoms with Crippen LogP contribution in [-0.2, 0) is 6.18 Å². The lowest BCUT2D eigenvalue weighted by Crippen LogP contribution is -2.20. The Morgan fingerprint density at radius 1 is 1.33 bits per heavy atom. The highest BCUT2D eigenvalue weighted by molar-refractivity contribution is 9.09. The van der Waals surface area contributed by atoms with Crippen molar-refractivity contribution in [2.75, 3.05) is 5.33 Å². The van der Waals surface area contributed by atoms with Gasteiger partial charge in [0.15, 0.2) is 6.29 Å². The number of aldehydes is 1. The first-order chi connectivity index (χ1) is 8.31. The number of hydrogen-bond donors (Lipinski definition) is 2. The number of rotatable bonds is 4. The molecule has 0 spiro atoms. The van der Waals surface area contributed by atoms with E-state index in [1.807, 2.05) is 0 Å². The zero-order valence-electron chi connectivity index (χ0n) is 8.99. The van der Waals surface area contributed by atoms with Crippen LogP contribution in [0.5, 0.6) is 0 Å². The summed E-state index contributed by atoms with van der Waals surface area (Å²) in [7, 11) is 0. The van der Waals surface area contributed by atoms with Crippen molar-refractivity contribution in [2.45, 2.75) is 18.4 Å². The minimum Gasteiger partial charge on any atom is -0.389 e. The molecule has 0 heterocycles. The van der Waals surface area contributed by atoms with E-state index in [4.69, 9.17) is 0 Å². The predicted molar refractivity (Wildman–Crippen MR) is 61.6 cm³/mol. The molecule has 3 nitrogen and oxygen atoms in total. The van der Waals surface area contributed by atoms with Gasteiger partial charge in [-0.05, 0) is 11.6 Å². The van der Waals surface area contributed by atoms with Gasteiger partial charge in [-0.3, -0.25) is 4.79 Å². The molecule has 0 amide bonds. The molecule has 0 saturated carbocycles. The van der Waals surface area contributed by atoms with E-state index in [1.165, 1.54) is 6.07 Å². The predicted octanol–water partition coefficient (Wildman–Crippen LogP) is 2.31. The van der Waals surface area contributed by atoms with E-state index >= 15 is 0 Å². The van der Waals surface area contributed by atoms with Crippen molar-refractivity contribution in [3.05, 3.63) is 34.9 Å². The molecule has 0 fully saturated rings.